The standard InChI is InChI=1S/C20H23NO5/c1-24-16-7-4-14(5-8-16)10-11-21-19(22)9-6-15-12-17(25-2)20(23)18(13-15)26-3/h4-9,12-13,23H,10-11H2,1-3H3,(H,21,22)/b9-6+. The van der Waals surface area contributed by atoms with E-state index >= 15 is 0 Å². The largest absolute Gasteiger partial charge is 0.502 e. The molecule has 0 saturated heterocycles. The van der Waals surface area contributed by atoms with Crippen LogP contribution in [0, 0.1) is 0 Å². The van der Waals surface area contributed by atoms with Crippen LogP contribution >= 0.6 is 0 Å². The number of nitrogens with one attached hydrogen (secondary N) is 1. The molecule has 2 aromatic rings. The van der Waals surface area contributed by atoms with Crippen molar-refractivity contribution in [3.05, 3.63) is 53.6 Å². The SMILES string of the molecule is COc1ccc(CCNC(=O)/C=C/c2cc(OC)c(O)c(OC)c2)cc1. The summed E-state index contributed by atoms with van der Waals surface area (Å²) in [7, 11) is 4.53. The van der Waals surface area contributed by atoms with Gasteiger partial charge in [-0.1, -0.05) is 12.1 Å². The Morgan fingerprint density at radius 1 is 1.04 bits per heavy atom. The molecule has 0 atom stereocenters. The van der Waals surface area contributed by atoms with Gasteiger partial charge in [0.05, 0.1) is 21.3 Å². The summed E-state index contributed by atoms with van der Waals surface area (Å²) < 4.78 is 15.3. The van der Waals surface area contributed by atoms with Crippen molar-refractivity contribution in [3.8, 4) is 23.0 Å². The number of hydrogen-bond acceptors (Lipinski definition) is 5. The maximum atomic E-state index is 12.0. The smallest absolute Gasteiger partial charge is 0.244 e. The summed E-state index contributed by atoms with van der Waals surface area (Å²) in [5, 5.41) is 12.7. The molecule has 138 valence electrons. The van der Waals surface area contributed by atoms with Crippen LogP contribution in [0.15, 0.2) is 42.5 Å². The van der Waals surface area contributed by atoms with Crippen molar-refractivity contribution in [2.24, 2.45) is 0 Å². The van der Waals surface area contributed by atoms with Gasteiger partial charge in [-0.15, -0.1) is 0 Å². The van der Waals surface area contributed by atoms with Crippen LogP contribution in [0.25, 0.3) is 6.08 Å². The molecule has 0 saturated carbocycles. The molecule has 0 unspecified atom stereocenters. The van der Waals surface area contributed by atoms with Gasteiger partial charge in [0.15, 0.2) is 11.5 Å². The van der Waals surface area contributed by atoms with Gasteiger partial charge in [0.25, 0.3) is 0 Å². The molecule has 0 spiro atoms. The summed E-state index contributed by atoms with van der Waals surface area (Å²) in [6.45, 7) is 0.526. The van der Waals surface area contributed by atoms with E-state index < -0.39 is 0 Å². The minimum atomic E-state index is -0.204. The Balaban J connectivity index is 1.90. The highest BCUT2D eigenvalue weighted by Crippen LogP contribution is 2.37. The highest BCUT2D eigenvalue weighted by atomic mass is 16.5. The van der Waals surface area contributed by atoms with E-state index in [4.69, 9.17) is 14.2 Å². The second-order valence-corrected chi connectivity index (χ2v) is 5.50. The van der Waals surface area contributed by atoms with Crippen LogP contribution in [0.5, 0.6) is 23.0 Å². The molecule has 0 heterocycles. The Hall–Kier alpha value is -3.15. The molecule has 2 aromatic carbocycles. The average molecular weight is 357 g/mol. The topological polar surface area (TPSA) is 77.0 Å². The normalized spacial score (nSPS) is 10.6. The highest BCUT2D eigenvalue weighted by Gasteiger charge is 2.10. The molecule has 0 aliphatic rings. The van der Waals surface area contributed by atoms with Gasteiger partial charge in [-0.3, -0.25) is 4.79 Å². The van der Waals surface area contributed by atoms with E-state index in [-0.39, 0.29) is 23.2 Å². The van der Waals surface area contributed by atoms with Crippen LogP contribution in [0.1, 0.15) is 11.1 Å². The second-order valence-electron chi connectivity index (χ2n) is 5.50. The van der Waals surface area contributed by atoms with E-state index in [2.05, 4.69) is 5.32 Å². The fourth-order valence-corrected chi connectivity index (χ4v) is 2.36. The van der Waals surface area contributed by atoms with E-state index in [9.17, 15) is 9.90 Å². The number of rotatable bonds is 8. The van der Waals surface area contributed by atoms with Crippen LogP contribution in [0.3, 0.4) is 0 Å². The lowest BCUT2D eigenvalue weighted by atomic mass is 10.1. The zero-order valence-electron chi connectivity index (χ0n) is 15.1. The lowest BCUT2D eigenvalue weighted by Gasteiger charge is -2.09. The molecule has 0 aliphatic carbocycles. The van der Waals surface area contributed by atoms with Gasteiger partial charge in [0.1, 0.15) is 5.75 Å². The minimum absolute atomic E-state index is 0.0731. The lowest BCUT2D eigenvalue weighted by Crippen LogP contribution is -2.23. The summed E-state index contributed by atoms with van der Waals surface area (Å²) in [4.78, 5) is 12.0. The first-order valence-electron chi connectivity index (χ1n) is 8.11. The number of benzene rings is 2. The van der Waals surface area contributed by atoms with Crippen molar-refractivity contribution in [2.75, 3.05) is 27.9 Å². The Labute approximate surface area is 153 Å². The van der Waals surface area contributed by atoms with Gasteiger partial charge in [-0.25, -0.2) is 0 Å². The molecule has 0 fully saturated rings. The van der Waals surface area contributed by atoms with Crippen LogP contribution in [-0.2, 0) is 11.2 Å². The van der Waals surface area contributed by atoms with Crippen molar-refractivity contribution >= 4 is 12.0 Å². The third-order valence-electron chi connectivity index (χ3n) is 3.80. The number of amides is 1. The van der Waals surface area contributed by atoms with E-state index in [1.165, 1.54) is 20.3 Å². The molecule has 0 aliphatic heterocycles. The van der Waals surface area contributed by atoms with E-state index in [0.717, 1.165) is 17.7 Å². The first-order valence-corrected chi connectivity index (χ1v) is 8.11. The Morgan fingerprint density at radius 3 is 2.19 bits per heavy atom. The van der Waals surface area contributed by atoms with E-state index in [1.54, 1.807) is 25.3 Å². The molecule has 6 nitrogen and oxygen atoms in total. The minimum Gasteiger partial charge on any atom is -0.502 e. The first-order chi connectivity index (χ1) is 12.6. The molecule has 0 aromatic heterocycles. The van der Waals surface area contributed by atoms with Gasteiger partial charge in [0, 0.05) is 12.6 Å². The summed E-state index contributed by atoms with van der Waals surface area (Å²) in [5.74, 6) is 1.09. The summed E-state index contributed by atoms with van der Waals surface area (Å²) in [6, 6.07) is 11.0. The predicted octanol–water partition coefficient (Wildman–Crippen LogP) is 2.79. The van der Waals surface area contributed by atoms with E-state index in [1.807, 2.05) is 24.3 Å². The van der Waals surface area contributed by atoms with Crippen molar-refractivity contribution in [3.63, 3.8) is 0 Å². The molecule has 6 heteroatoms. The van der Waals surface area contributed by atoms with Crippen molar-refractivity contribution < 1.29 is 24.1 Å². The Kier molecular flexibility index (Phi) is 6.91. The number of aromatic hydroxyl groups is 1. The van der Waals surface area contributed by atoms with Crippen molar-refractivity contribution in [1.82, 2.24) is 5.32 Å². The summed E-state index contributed by atoms with van der Waals surface area (Å²) >= 11 is 0. The number of ether oxygens (including phenoxy) is 3. The number of carbonyl (C=O) groups excluding carboxylic acids is 1. The number of methoxy groups -OCH3 is 3. The first kappa shape index (κ1) is 19.2. The number of carbonyl (C=O) groups is 1. The second kappa shape index (κ2) is 9.36. The molecular formula is C20H23NO5. The van der Waals surface area contributed by atoms with Gasteiger partial charge < -0.3 is 24.6 Å². The van der Waals surface area contributed by atoms with Crippen LogP contribution in [0.2, 0.25) is 0 Å². The lowest BCUT2D eigenvalue weighted by molar-refractivity contribution is -0.116. The Morgan fingerprint density at radius 2 is 1.65 bits per heavy atom. The zero-order chi connectivity index (χ0) is 18.9. The molecule has 26 heavy (non-hydrogen) atoms. The van der Waals surface area contributed by atoms with Gasteiger partial charge in [-0.05, 0) is 47.9 Å². The molecule has 2 rings (SSSR count). The van der Waals surface area contributed by atoms with Crippen molar-refractivity contribution in [1.29, 1.82) is 0 Å². The molecule has 0 bridgehead atoms. The number of hydrogen-bond donors (Lipinski definition) is 2. The van der Waals surface area contributed by atoms with E-state index in [0.29, 0.717) is 12.1 Å². The maximum absolute atomic E-state index is 12.0. The monoisotopic (exact) mass is 357 g/mol. The number of phenols is 1. The summed E-state index contributed by atoms with van der Waals surface area (Å²) in [6.07, 6.45) is 3.79. The third-order valence-corrected chi connectivity index (χ3v) is 3.80. The molecule has 1 amide bonds. The van der Waals surface area contributed by atoms with Crippen molar-refractivity contribution in [2.45, 2.75) is 6.42 Å². The third kappa shape index (κ3) is 5.17. The highest BCUT2D eigenvalue weighted by molar-refractivity contribution is 5.91. The average Bonchev–Trinajstić information content (AvgIpc) is 2.67. The fourth-order valence-electron chi connectivity index (χ4n) is 2.36. The van der Waals surface area contributed by atoms with Gasteiger partial charge in [0.2, 0.25) is 11.7 Å². The van der Waals surface area contributed by atoms with Crippen LogP contribution in [0.4, 0.5) is 0 Å². The van der Waals surface area contributed by atoms with Gasteiger partial charge in [-0.2, -0.15) is 0 Å². The number of phenolic OH excluding ortho intramolecular Hbond substituents is 1. The zero-order valence-corrected chi connectivity index (χ0v) is 15.1. The fraction of sp³-hybridized carbons (Fsp3) is 0.250. The molecule has 2 N–H and O–H groups in total. The van der Waals surface area contributed by atoms with Gasteiger partial charge >= 0.3 is 0 Å². The predicted molar refractivity (Wildman–Crippen MR) is 100.0 cm³/mol. The van der Waals surface area contributed by atoms with Crippen LogP contribution < -0.4 is 19.5 Å². The van der Waals surface area contributed by atoms with Crippen LogP contribution in [-0.4, -0.2) is 38.9 Å². The summed E-state index contributed by atoms with van der Waals surface area (Å²) in [5.41, 5.74) is 1.80. The quantitative estimate of drug-likeness (QED) is 0.711. The molecular weight excluding hydrogens is 334 g/mol. The Bertz CT molecular complexity index is 743. The molecule has 0 radical (unpaired) electrons. The maximum Gasteiger partial charge on any atom is 0.244 e.